The highest BCUT2D eigenvalue weighted by Crippen LogP contribution is 2.23. The predicted molar refractivity (Wildman–Crippen MR) is 73.8 cm³/mol. The highest BCUT2D eigenvalue weighted by Gasteiger charge is 2.31. The minimum Gasteiger partial charge on any atom is -0.383 e. The summed E-state index contributed by atoms with van der Waals surface area (Å²) in [6.07, 6.45) is 0. The average Bonchev–Trinajstić information content (AvgIpc) is 2.70. The highest BCUT2D eigenvalue weighted by atomic mass is 35.5. The van der Waals surface area contributed by atoms with Crippen LogP contribution in [0.2, 0.25) is 0 Å². The molecule has 0 radical (unpaired) electrons. The third-order valence-electron chi connectivity index (χ3n) is 2.81. The molecule has 0 fully saturated rings. The fourth-order valence-corrected chi connectivity index (χ4v) is 3.94. The van der Waals surface area contributed by atoms with Crippen LogP contribution in [0.15, 0.2) is 5.03 Å². The fourth-order valence-electron chi connectivity index (χ4n) is 1.75. The van der Waals surface area contributed by atoms with Gasteiger partial charge in [-0.05, 0) is 20.8 Å². The van der Waals surface area contributed by atoms with Crippen molar-refractivity contribution in [2.75, 3.05) is 20.3 Å². The Bertz CT molecular complexity index is 513. The van der Waals surface area contributed by atoms with E-state index in [0.717, 1.165) is 0 Å². The van der Waals surface area contributed by atoms with E-state index in [2.05, 4.69) is 10.2 Å². The predicted octanol–water partition coefficient (Wildman–Crippen LogP) is 1.50. The van der Waals surface area contributed by atoms with Gasteiger partial charge in [0, 0.05) is 31.0 Å². The van der Waals surface area contributed by atoms with Gasteiger partial charge >= 0.3 is 0 Å². The molecule has 0 atom stereocenters. The molecule has 1 aromatic rings. The molecule has 0 spiro atoms. The molecule has 0 bridgehead atoms. The smallest absolute Gasteiger partial charge is 0.263 e. The molecule has 1 aromatic heterocycles. The molecule has 0 aromatic carbocycles. The van der Waals surface area contributed by atoms with Gasteiger partial charge in [-0.15, -0.1) is 11.6 Å². The highest BCUT2D eigenvalue weighted by molar-refractivity contribution is 7.89. The number of hydrogen-bond acceptors (Lipinski definition) is 4. The molecule has 0 aliphatic rings. The Balaban J connectivity index is 3.19. The van der Waals surface area contributed by atoms with Gasteiger partial charge in [0.05, 0.1) is 12.5 Å². The summed E-state index contributed by atoms with van der Waals surface area (Å²) in [5.74, 6) is 0.104. The Morgan fingerprint density at radius 3 is 2.58 bits per heavy atom. The van der Waals surface area contributed by atoms with Crippen LogP contribution in [0.1, 0.15) is 25.1 Å². The van der Waals surface area contributed by atoms with Gasteiger partial charge in [0.25, 0.3) is 10.0 Å². The molecular weight excluding hydrogens is 290 g/mol. The van der Waals surface area contributed by atoms with E-state index in [-0.39, 0.29) is 23.5 Å². The molecule has 1 heterocycles. The van der Waals surface area contributed by atoms with E-state index in [4.69, 9.17) is 16.3 Å². The maximum atomic E-state index is 12.6. The lowest BCUT2D eigenvalue weighted by molar-refractivity contribution is 0.170. The van der Waals surface area contributed by atoms with Crippen molar-refractivity contribution in [2.24, 2.45) is 0 Å². The zero-order chi connectivity index (χ0) is 14.6. The second kappa shape index (κ2) is 6.69. The topological polar surface area (TPSA) is 75.3 Å². The summed E-state index contributed by atoms with van der Waals surface area (Å²) in [6, 6.07) is -0.180. The summed E-state index contributed by atoms with van der Waals surface area (Å²) in [5, 5.41) is 6.57. The quantitative estimate of drug-likeness (QED) is 0.775. The lowest BCUT2D eigenvalue weighted by Gasteiger charge is -2.24. The maximum absolute atomic E-state index is 12.6. The summed E-state index contributed by atoms with van der Waals surface area (Å²) in [5.41, 5.74) is 1.19. The Morgan fingerprint density at radius 2 is 2.11 bits per heavy atom. The van der Waals surface area contributed by atoms with Crippen molar-refractivity contribution in [3.63, 3.8) is 0 Å². The number of hydrogen-bond donors (Lipinski definition) is 1. The Morgan fingerprint density at radius 1 is 1.47 bits per heavy atom. The number of halogens is 1. The maximum Gasteiger partial charge on any atom is 0.263 e. The molecule has 0 saturated heterocycles. The largest absolute Gasteiger partial charge is 0.383 e. The molecule has 1 N–H and O–H groups in total. The lowest BCUT2D eigenvalue weighted by atomic mass is 10.3. The number of aryl methyl sites for hydroxylation is 1. The van der Waals surface area contributed by atoms with E-state index in [1.54, 1.807) is 6.92 Å². The number of nitrogens with one attached hydrogen (secondary N) is 1. The monoisotopic (exact) mass is 309 g/mol. The van der Waals surface area contributed by atoms with Crippen LogP contribution in [-0.2, 0) is 20.6 Å². The molecule has 19 heavy (non-hydrogen) atoms. The van der Waals surface area contributed by atoms with Gasteiger partial charge in [-0.25, -0.2) is 8.42 Å². The molecule has 0 unspecified atom stereocenters. The van der Waals surface area contributed by atoms with Crippen molar-refractivity contribution in [2.45, 2.75) is 37.7 Å². The van der Waals surface area contributed by atoms with Crippen molar-refractivity contribution < 1.29 is 13.2 Å². The van der Waals surface area contributed by atoms with E-state index in [1.165, 1.54) is 11.4 Å². The summed E-state index contributed by atoms with van der Waals surface area (Å²) >= 11 is 5.81. The van der Waals surface area contributed by atoms with Crippen molar-refractivity contribution >= 4 is 21.6 Å². The minimum atomic E-state index is -3.67. The summed E-state index contributed by atoms with van der Waals surface area (Å²) in [7, 11) is -2.13. The number of methoxy groups -OCH3 is 1. The summed E-state index contributed by atoms with van der Waals surface area (Å²) in [4.78, 5) is 0. The van der Waals surface area contributed by atoms with Gasteiger partial charge < -0.3 is 4.74 Å². The van der Waals surface area contributed by atoms with Crippen LogP contribution in [0.4, 0.5) is 0 Å². The van der Waals surface area contributed by atoms with E-state index >= 15 is 0 Å². The fraction of sp³-hybridized carbons (Fsp3) is 0.727. The average molecular weight is 310 g/mol. The van der Waals surface area contributed by atoms with Crippen molar-refractivity contribution in [1.82, 2.24) is 14.5 Å². The number of alkyl halides is 1. The summed E-state index contributed by atoms with van der Waals surface area (Å²) in [6.45, 7) is 5.99. The molecular formula is C11H20ClN3O3S. The number of rotatable bonds is 7. The second-order valence-corrected chi connectivity index (χ2v) is 6.54. The van der Waals surface area contributed by atoms with Gasteiger partial charge in [0.15, 0.2) is 5.03 Å². The van der Waals surface area contributed by atoms with Crippen molar-refractivity contribution in [3.8, 4) is 0 Å². The van der Waals surface area contributed by atoms with Crippen LogP contribution >= 0.6 is 11.6 Å². The van der Waals surface area contributed by atoms with Gasteiger partial charge in [-0.2, -0.15) is 9.40 Å². The normalized spacial score (nSPS) is 12.6. The van der Waals surface area contributed by atoms with Crippen molar-refractivity contribution in [3.05, 3.63) is 11.3 Å². The molecule has 110 valence electrons. The molecule has 8 heteroatoms. The van der Waals surface area contributed by atoms with Crippen LogP contribution in [0, 0.1) is 6.92 Å². The number of H-pyrrole nitrogens is 1. The zero-order valence-electron chi connectivity index (χ0n) is 11.6. The second-order valence-electron chi connectivity index (χ2n) is 4.47. The molecule has 1 rings (SSSR count). The van der Waals surface area contributed by atoms with E-state index in [9.17, 15) is 8.42 Å². The number of ether oxygens (including phenoxy) is 1. The standard InChI is InChI=1S/C11H20ClN3O3S/c1-8(2)15(5-6-18-4)19(16,17)11-10(7-12)9(3)13-14-11/h8H,5-7H2,1-4H3,(H,13,14). The third kappa shape index (κ3) is 3.47. The first-order chi connectivity index (χ1) is 8.86. The van der Waals surface area contributed by atoms with Gasteiger partial charge in [0.2, 0.25) is 0 Å². The first-order valence-electron chi connectivity index (χ1n) is 5.96. The van der Waals surface area contributed by atoms with Crippen LogP contribution in [0.25, 0.3) is 0 Å². The van der Waals surface area contributed by atoms with Crippen LogP contribution < -0.4 is 0 Å². The number of aromatic nitrogens is 2. The van der Waals surface area contributed by atoms with E-state index in [1.807, 2.05) is 13.8 Å². The molecule has 0 saturated carbocycles. The first kappa shape index (κ1) is 16.4. The Kier molecular flexibility index (Phi) is 5.79. The third-order valence-corrected chi connectivity index (χ3v) is 5.13. The first-order valence-corrected chi connectivity index (χ1v) is 7.94. The number of sulfonamides is 1. The minimum absolute atomic E-state index is 0.00445. The van der Waals surface area contributed by atoms with Crippen LogP contribution in [0.5, 0.6) is 0 Å². The number of aromatic amines is 1. The van der Waals surface area contributed by atoms with E-state index in [0.29, 0.717) is 17.9 Å². The zero-order valence-corrected chi connectivity index (χ0v) is 13.2. The van der Waals surface area contributed by atoms with Crippen molar-refractivity contribution in [1.29, 1.82) is 0 Å². The summed E-state index contributed by atoms with van der Waals surface area (Å²) < 4.78 is 31.5. The Hall–Kier alpha value is -0.630. The van der Waals surface area contributed by atoms with Gasteiger partial charge in [-0.1, -0.05) is 0 Å². The SMILES string of the molecule is COCCN(C(C)C)S(=O)(=O)c1n[nH]c(C)c1CCl. The van der Waals surface area contributed by atoms with Gasteiger partial charge in [0.1, 0.15) is 0 Å². The lowest BCUT2D eigenvalue weighted by Crippen LogP contribution is -2.39. The molecule has 0 aliphatic carbocycles. The van der Waals surface area contributed by atoms with Crippen LogP contribution in [-0.4, -0.2) is 49.2 Å². The molecule has 0 aliphatic heterocycles. The molecule has 0 amide bonds. The van der Waals surface area contributed by atoms with E-state index < -0.39 is 10.0 Å². The Labute approximate surface area is 119 Å². The molecule has 6 nitrogen and oxygen atoms in total. The van der Waals surface area contributed by atoms with Gasteiger partial charge in [-0.3, -0.25) is 5.10 Å². The number of nitrogens with zero attached hydrogens (tertiary/aromatic N) is 2. The van der Waals surface area contributed by atoms with Crippen LogP contribution in [0.3, 0.4) is 0 Å².